The number of carboxylic acid groups (broad SMARTS) is 1. The molecule has 2 aromatic carbocycles. The van der Waals surface area contributed by atoms with Gasteiger partial charge in [-0.15, -0.1) is 6.58 Å². The molecule has 1 amide bonds. The van der Waals surface area contributed by atoms with Crippen LogP contribution in [0.25, 0.3) is 11.1 Å². The van der Waals surface area contributed by atoms with Crippen LogP contribution in [-0.2, 0) is 14.3 Å². The van der Waals surface area contributed by atoms with Gasteiger partial charge in [-0.1, -0.05) is 54.6 Å². The monoisotopic (exact) mass is 407 g/mol. The predicted octanol–water partition coefficient (Wildman–Crippen LogP) is 4.29. The maximum atomic E-state index is 12.4. The summed E-state index contributed by atoms with van der Waals surface area (Å²) >= 11 is 0. The quantitative estimate of drug-likeness (QED) is 0.573. The van der Waals surface area contributed by atoms with Crippen molar-refractivity contribution in [3.05, 3.63) is 72.3 Å². The number of alkyl carbamates (subject to hydrolysis) is 1. The Morgan fingerprint density at radius 2 is 1.63 bits per heavy atom. The lowest BCUT2D eigenvalue weighted by atomic mass is 9.98. The molecule has 0 saturated carbocycles. The van der Waals surface area contributed by atoms with Gasteiger partial charge in [-0.2, -0.15) is 0 Å². The second-order valence-corrected chi connectivity index (χ2v) is 7.25. The Morgan fingerprint density at radius 1 is 1.03 bits per heavy atom. The highest BCUT2D eigenvalue weighted by Gasteiger charge is 2.29. The summed E-state index contributed by atoms with van der Waals surface area (Å²) in [7, 11) is 0. The van der Waals surface area contributed by atoms with Crippen molar-refractivity contribution in [2.24, 2.45) is 0 Å². The lowest BCUT2D eigenvalue weighted by molar-refractivity contribution is -0.137. The van der Waals surface area contributed by atoms with Crippen LogP contribution in [-0.4, -0.2) is 35.6 Å². The SMILES string of the molecule is C=CCCC(=O)[C@@H](CCC(=O)O)NC(=O)OCC1c2ccccc2-c2ccccc21. The lowest BCUT2D eigenvalue weighted by Crippen LogP contribution is -2.41. The van der Waals surface area contributed by atoms with E-state index in [1.807, 2.05) is 36.4 Å². The van der Waals surface area contributed by atoms with Gasteiger partial charge in [0.05, 0.1) is 6.04 Å². The molecule has 0 fully saturated rings. The molecule has 0 aliphatic heterocycles. The number of carbonyl (C=O) groups is 3. The molecule has 2 N–H and O–H groups in total. The van der Waals surface area contributed by atoms with Gasteiger partial charge in [0.25, 0.3) is 0 Å². The van der Waals surface area contributed by atoms with Crippen LogP contribution in [0.4, 0.5) is 4.79 Å². The summed E-state index contributed by atoms with van der Waals surface area (Å²) in [6.45, 7) is 3.71. The van der Waals surface area contributed by atoms with Crippen LogP contribution in [0.15, 0.2) is 61.2 Å². The van der Waals surface area contributed by atoms with E-state index in [-0.39, 0.29) is 37.6 Å². The average molecular weight is 407 g/mol. The van der Waals surface area contributed by atoms with Crippen molar-refractivity contribution in [3.8, 4) is 11.1 Å². The van der Waals surface area contributed by atoms with E-state index < -0.39 is 18.1 Å². The second kappa shape index (κ2) is 9.87. The van der Waals surface area contributed by atoms with E-state index in [0.717, 1.165) is 22.3 Å². The van der Waals surface area contributed by atoms with Gasteiger partial charge in [0.2, 0.25) is 0 Å². The fraction of sp³-hybridized carbons (Fsp3) is 0.292. The molecule has 1 atom stereocenters. The molecule has 0 bridgehead atoms. The molecule has 0 spiro atoms. The first-order chi connectivity index (χ1) is 14.5. The summed E-state index contributed by atoms with van der Waals surface area (Å²) in [6, 6.07) is 15.1. The minimum absolute atomic E-state index is 0.0233. The molecule has 0 heterocycles. The summed E-state index contributed by atoms with van der Waals surface area (Å²) in [5, 5.41) is 11.5. The molecule has 0 aromatic heterocycles. The van der Waals surface area contributed by atoms with E-state index in [1.165, 1.54) is 0 Å². The van der Waals surface area contributed by atoms with Gasteiger partial charge in [0, 0.05) is 18.8 Å². The Balaban J connectivity index is 1.66. The normalized spacial score (nSPS) is 13.1. The van der Waals surface area contributed by atoms with Crippen LogP contribution >= 0.6 is 0 Å². The Bertz CT molecular complexity index is 907. The maximum Gasteiger partial charge on any atom is 0.407 e. The molecule has 0 saturated heterocycles. The minimum Gasteiger partial charge on any atom is -0.481 e. The van der Waals surface area contributed by atoms with Gasteiger partial charge in [-0.25, -0.2) is 4.79 Å². The van der Waals surface area contributed by atoms with Crippen molar-refractivity contribution >= 4 is 17.8 Å². The van der Waals surface area contributed by atoms with Crippen molar-refractivity contribution in [2.45, 2.75) is 37.6 Å². The number of nitrogens with one attached hydrogen (secondary N) is 1. The molecule has 0 radical (unpaired) electrons. The third-order valence-electron chi connectivity index (χ3n) is 5.27. The van der Waals surface area contributed by atoms with Crippen LogP contribution in [0.2, 0.25) is 0 Å². The fourth-order valence-corrected chi connectivity index (χ4v) is 3.78. The third kappa shape index (κ3) is 4.95. The Labute approximate surface area is 175 Å². The van der Waals surface area contributed by atoms with E-state index in [2.05, 4.69) is 24.0 Å². The number of fused-ring (bicyclic) bond motifs is 3. The molecule has 2 aromatic rings. The molecule has 0 unspecified atom stereocenters. The van der Waals surface area contributed by atoms with Crippen LogP contribution in [0.1, 0.15) is 42.7 Å². The molecule has 6 nitrogen and oxygen atoms in total. The zero-order valence-electron chi connectivity index (χ0n) is 16.7. The van der Waals surface area contributed by atoms with Gasteiger partial charge in [0.15, 0.2) is 5.78 Å². The number of benzene rings is 2. The summed E-state index contributed by atoms with van der Waals surface area (Å²) in [5.41, 5.74) is 4.44. The van der Waals surface area contributed by atoms with Crippen LogP contribution in [0, 0.1) is 0 Å². The smallest absolute Gasteiger partial charge is 0.407 e. The van der Waals surface area contributed by atoms with Gasteiger partial charge in [0.1, 0.15) is 6.61 Å². The number of allylic oxidation sites excluding steroid dienone is 1. The molecular weight excluding hydrogens is 382 g/mol. The van der Waals surface area contributed by atoms with Crippen molar-refractivity contribution in [1.29, 1.82) is 0 Å². The molecule has 3 rings (SSSR count). The Kier molecular flexibility index (Phi) is 7.01. The zero-order valence-corrected chi connectivity index (χ0v) is 16.7. The highest BCUT2D eigenvalue weighted by atomic mass is 16.5. The number of hydrogen-bond acceptors (Lipinski definition) is 4. The zero-order chi connectivity index (χ0) is 21.5. The van der Waals surface area contributed by atoms with Gasteiger partial charge >= 0.3 is 12.1 Å². The van der Waals surface area contributed by atoms with Crippen molar-refractivity contribution in [1.82, 2.24) is 5.32 Å². The molecule has 30 heavy (non-hydrogen) atoms. The molecule has 1 aliphatic carbocycles. The molecular formula is C24H25NO5. The van der Waals surface area contributed by atoms with E-state index in [0.29, 0.717) is 6.42 Å². The van der Waals surface area contributed by atoms with Gasteiger partial charge in [-0.3, -0.25) is 9.59 Å². The van der Waals surface area contributed by atoms with Crippen LogP contribution in [0.3, 0.4) is 0 Å². The van der Waals surface area contributed by atoms with E-state index in [1.54, 1.807) is 6.08 Å². The van der Waals surface area contributed by atoms with E-state index in [9.17, 15) is 14.4 Å². The summed E-state index contributed by atoms with van der Waals surface area (Å²) in [5.74, 6) is -1.34. The maximum absolute atomic E-state index is 12.4. The summed E-state index contributed by atoms with van der Waals surface area (Å²) < 4.78 is 5.46. The standard InChI is InChI=1S/C24H25NO5/c1-2-3-12-22(26)21(13-14-23(27)28)25-24(29)30-15-20-18-10-6-4-8-16(18)17-9-5-7-11-19(17)20/h2,4-11,20-21H,1,3,12-15H2,(H,25,29)(H,27,28)/t21-/m1/s1. The number of aliphatic carboxylic acids is 1. The first kappa shape index (κ1) is 21.3. The number of carboxylic acids is 1. The highest BCUT2D eigenvalue weighted by molar-refractivity contribution is 5.88. The number of ether oxygens (including phenoxy) is 1. The average Bonchev–Trinajstić information content (AvgIpc) is 3.07. The first-order valence-corrected chi connectivity index (χ1v) is 9.98. The topological polar surface area (TPSA) is 92.7 Å². The molecule has 1 aliphatic rings. The Morgan fingerprint density at radius 3 is 2.20 bits per heavy atom. The van der Waals surface area contributed by atoms with Crippen LogP contribution in [0.5, 0.6) is 0 Å². The number of Topliss-reactive ketones (excluding diaryl/α,β-unsaturated/α-hetero) is 1. The molecule has 6 heteroatoms. The number of ketones is 1. The number of amides is 1. The highest BCUT2D eigenvalue weighted by Crippen LogP contribution is 2.44. The Hall–Kier alpha value is -3.41. The lowest BCUT2D eigenvalue weighted by Gasteiger charge is -2.18. The van der Waals surface area contributed by atoms with Crippen molar-refractivity contribution in [3.63, 3.8) is 0 Å². The minimum atomic E-state index is -1.02. The van der Waals surface area contributed by atoms with Gasteiger partial charge < -0.3 is 15.2 Å². The van der Waals surface area contributed by atoms with Crippen molar-refractivity contribution in [2.75, 3.05) is 6.61 Å². The number of hydrogen-bond donors (Lipinski definition) is 2. The first-order valence-electron chi connectivity index (χ1n) is 9.98. The second-order valence-electron chi connectivity index (χ2n) is 7.25. The van der Waals surface area contributed by atoms with Gasteiger partial charge in [-0.05, 0) is 35.1 Å². The number of carbonyl (C=O) groups excluding carboxylic acids is 2. The van der Waals surface area contributed by atoms with E-state index >= 15 is 0 Å². The van der Waals surface area contributed by atoms with Crippen LogP contribution < -0.4 is 5.32 Å². The van der Waals surface area contributed by atoms with E-state index in [4.69, 9.17) is 9.84 Å². The predicted molar refractivity (Wildman–Crippen MR) is 113 cm³/mol. The third-order valence-corrected chi connectivity index (χ3v) is 5.27. The molecule has 156 valence electrons. The number of rotatable bonds is 10. The fourth-order valence-electron chi connectivity index (χ4n) is 3.78. The summed E-state index contributed by atoms with van der Waals surface area (Å²) in [4.78, 5) is 35.6. The largest absolute Gasteiger partial charge is 0.481 e. The van der Waals surface area contributed by atoms with Crippen molar-refractivity contribution < 1.29 is 24.2 Å². The summed E-state index contributed by atoms with van der Waals surface area (Å²) in [6.07, 6.45) is 1.36.